The monoisotopic (exact) mass is 316 g/mol. The molecular formula is C13H17FN2O4S. The van der Waals surface area contributed by atoms with E-state index in [-0.39, 0.29) is 10.9 Å². The number of rotatable bonds is 4. The molecule has 0 bridgehead atoms. The maximum absolute atomic E-state index is 13.4. The van der Waals surface area contributed by atoms with Gasteiger partial charge in [-0.1, -0.05) is 0 Å². The fraction of sp³-hybridized carbons (Fsp3) is 0.462. The zero-order valence-corrected chi connectivity index (χ0v) is 12.6. The molecule has 1 aliphatic rings. The van der Waals surface area contributed by atoms with Crippen molar-refractivity contribution in [2.24, 2.45) is 0 Å². The lowest BCUT2D eigenvalue weighted by atomic mass is 10.2. The van der Waals surface area contributed by atoms with Crippen LogP contribution in [0.5, 0.6) is 0 Å². The van der Waals surface area contributed by atoms with E-state index in [0.29, 0.717) is 19.5 Å². The van der Waals surface area contributed by atoms with E-state index in [0.717, 1.165) is 18.2 Å². The molecule has 6 nitrogen and oxygen atoms in total. The van der Waals surface area contributed by atoms with Gasteiger partial charge in [0.2, 0.25) is 10.0 Å². The number of halogens is 1. The van der Waals surface area contributed by atoms with Crippen molar-refractivity contribution in [2.75, 3.05) is 27.2 Å². The third-order valence-electron chi connectivity index (χ3n) is 3.66. The maximum Gasteiger partial charge on any atom is 0.338 e. The molecular weight excluding hydrogens is 299 g/mol. The first-order chi connectivity index (χ1) is 9.73. The van der Waals surface area contributed by atoms with Gasteiger partial charge in [0.05, 0.1) is 10.5 Å². The van der Waals surface area contributed by atoms with Gasteiger partial charge in [0, 0.05) is 19.1 Å². The van der Waals surface area contributed by atoms with E-state index in [2.05, 4.69) is 0 Å². The average molecular weight is 316 g/mol. The highest BCUT2D eigenvalue weighted by Gasteiger charge is 2.34. The molecule has 0 aliphatic carbocycles. The fourth-order valence-electron chi connectivity index (χ4n) is 2.33. The number of aromatic carboxylic acids is 1. The van der Waals surface area contributed by atoms with Gasteiger partial charge in [-0.05, 0) is 38.7 Å². The number of carboxylic acids is 1. The fourth-order valence-corrected chi connectivity index (χ4v) is 3.85. The minimum absolute atomic E-state index is 0.124. The number of hydrogen-bond acceptors (Lipinski definition) is 4. The van der Waals surface area contributed by atoms with Gasteiger partial charge in [-0.3, -0.25) is 0 Å². The van der Waals surface area contributed by atoms with Gasteiger partial charge in [-0.25, -0.2) is 17.6 Å². The quantitative estimate of drug-likeness (QED) is 0.891. The second-order valence-corrected chi connectivity index (χ2v) is 7.15. The molecule has 1 saturated heterocycles. The van der Waals surface area contributed by atoms with Crippen LogP contribution >= 0.6 is 0 Å². The standard InChI is InChI=1S/C13H17FN2O4S/c1-15(2)9-5-6-16(8-9)21(19,20)10-3-4-12(14)11(7-10)13(17)18/h3-4,7,9H,5-6,8H2,1-2H3,(H,17,18). The minimum Gasteiger partial charge on any atom is -0.478 e. The summed E-state index contributed by atoms with van der Waals surface area (Å²) in [6.07, 6.45) is 0.708. The number of sulfonamides is 1. The average Bonchev–Trinajstić information content (AvgIpc) is 2.89. The third kappa shape index (κ3) is 3.07. The van der Waals surface area contributed by atoms with Crippen LogP contribution in [0.15, 0.2) is 23.1 Å². The minimum atomic E-state index is -3.80. The van der Waals surface area contributed by atoms with E-state index in [1.165, 1.54) is 4.31 Å². The van der Waals surface area contributed by atoms with Gasteiger partial charge >= 0.3 is 5.97 Å². The summed E-state index contributed by atoms with van der Waals surface area (Å²) in [5, 5.41) is 8.88. The Labute approximate surface area is 122 Å². The van der Waals surface area contributed by atoms with Gasteiger partial charge in [0.1, 0.15) is 5.82 Å². The Bertz CT molecular complexity index is 660. The van der Waals surface area contributed by atoms with Crippen molar-refractivity contribution in [3.8, 4) is 0 Å². The molecule has 8 heteroatoms. The number of carbonyl (C=O) groups is 1. The van der Waals surface area contributed by atoms with Crippen LogP contribution in [0.2, 0.25) is 0 Å². The topological polar surface area (TPSA) is 77.9 Å². The van der Waals surface area contributed by atoms with Crippen LogP contribution in [-0.2, 0) is 10.0 Å². The van der Waals surface area contributed by atoms with E-state index in [1.807, 2.05) is 19.0 Å². The van der Waals surface area contributed by atoms with E-state index < -0.39 is 27.4 Å². The lowest BCUT2D eigenvalue weighted by Crippen LogP contribution is -2.34. The lowest BCUT2D eigenvalue weighted by Gasteiger charge is -2.20. The smallest absolute Gasteiger partial charge is 0.338 e. The van der Waals surface area contributed by atoms with Gasteiger partial charge in [-0.2, -0.15) is 4.31 Å². The van der Waals surface area contributed by atoms with Gasteiger partial charge in [-0.15, -0.1) is 0 Å². The molecule has 0 radical (unpaired) electrons. The van der Waals surface area contributed by atoms with Crippen LogP contribution in [-0.4, -0.2) is 61.9 Å². The van der Waals surface area contributed by atoms with Crippen molar-refractivity contribution < 1.29 is 22.7 Å². The second kappa shape index (κ2) is 5.70. The van der Waals surface area contributed by atoms with Gasteiger partial charge < -0.3 is 10.0 Å². The molecule has 116 valence electrons. The predicted octanol–water partition coefficient (Wildman–Crippen LogP) is 0.848. The van der Waals surface area contributed by atoms with E-state index in [4.69, 9.17) is 5.11 Å². The molecule has 2 rings (SSSR count). The summed E-state index contributed by atoms with van der Waals surface area (Å²) in [7, 11) is -0.0488. The number of nitrogens with zero attached hydrogens (tertiary/aromatic N) is 2. The zero-order valence-electron chi connectivity index (χ0n) is 11.8. The molecule has 1 aliphatic heterocycles. The molecule has 0 amide bonds. The first-order valence-electron chi connectivity index (χ1n) is 6.43. The Morgan fingerprint density at radius 3 is 2.62 bits per heavy atom. The van der Waals surface area contributed by atoms with E-state index in [9.17, 15) is 17.6 Å². The Morgan fingerprint density at radius 1 is 1.43 bits per heavy atom. The number of likely N-dealkylation sites (N-methyl/N-ethyl adjacent to an activating group) is 1. The van der Waals surface area contributed by atoms with Crippen molar-refractivity contribution in [3.05, 3.63) is 29.6 Å². The van der Waals surface area contributed by atoms with Crippen molar-refractivity contribution >= 4 is 16.0 Å². The Morgan fingerprint density at radius 2 is 2.10 bits per heavy atom. The highest BCUT2D eigenvalue weighted by molar-refractivity contribution is 7.89. The summed E-state index contributed by atoms with van der Waals surface area (Å²) >= 11 is 0. The molecule has 1 N–H and O–H groups in total. The van der Waals surface area contributed by atoms with E-state index in [1.54, 1.807) is 0 Å². The van der Waals surface area contributed by atoms with Crippen LogP contribution < -0.4 is 0 Å². The molecule has 1 heterocycles. The predicted molar refractivity (Wildman–Crippen MR) is 74.2 cm³/mol. The summed E-state index contributed by atoms with van der Waals surface area (Å²) in [4.78, 5) is 12.7. The number of hydrogen-bond donors (Lipinski definition) is 1. The first-order valence-corrected chi connectivity index (χ1v) is 7.87. The first kappa shape index (κ1) is 15.9. The Balaban J connectivity index is 2.33. The van der Waals surface area contributed by atoms with Crippen LogP contribution in [0.4, 0.5) is 4.39 Å². The van der Waals surface area contributed by atoms with Crippen LogP contribution in [0.3, 0.4) is 0 Å². The molecule has 1 aromatic rings. The van der Waals surface area contributed by atoms with Gasteiger partial charge in [0.15, 0.2) is 0 Å². The highest BCUT2D eigenvalue weighted by Crippen LogP contribution is 2.24. The SMILES string of the molecule is CN(C)C1CCN(S(=O)(=O)c2ccc(F)c(C(=O)O)c2)C1. The summed E-state index contributed by atoms with van der Waals surface area (Å²) in [5.41, 5.74) is -0.639. The van der Waals surface area contributed by atoms with Crippen LogP contribution in [0, 0.1) is 5.82 Å². The zero-order chi connectivity index (χ0) is 15.8. The van der Waals surface area contributed by atoms with Crippen molar-refractivity contribution in [1.82, 2.24) is 9.21 Å². The van der Waals surface area contributed by atoms with Crippen LogP contribution in [0.1, 0.15) is 16.8 Å². The molecule has 21 heavy (non-hydrogen) atoms. The van der Waals surface area contributed by atoms with Crippen molar-refractivity contribution in [3.63, 3.8) is 0 Å². The number of carboxylic acid groups (broad SMARTS) is 1. The molecule has 0 spiro atoms. The van der Waals surface area contributed by atoms with Gasteiger partial charge in [0.25, 0.3) is 0 Å². The normalized spacial score (nSPS) is 20.1. The Kier molecular flexibility index (Phi) is 4.31. The Hall–Kier alpha value is -1.51. The molecule has 1 unspecified atom stereocenters. The summed E-state index contributed by atoms with van der Waals surface area (Å²) < 4.78 is 39.6. The van der Waals surface area contributed by atoms with Crippen LogP contribution in [0.25, 0.3) is 0 Å². The summed E-state index contributed by atoms with van der Waals surface area (Å²) in [6, 6.07) is 2.96. The molecule has 1 atom stereocenters. The number of benzene rings is 1. The molecule has 0 aromatic heterocycles. The molecule has 0 saturated carbocycles. The lowest BCUT2D eigenvalue weighted by molar-refractivity contribution is 0.0691. The maximum atomic E-state index is 13.4. The summed E-state index contributed by atoms with van der Waals surface area (Å²) in [6.45, 7) is 0.708. The van der Waals surface area contributed by atoms with E-state index >= 15 is 0 Å². The molecule has 1 aromatic carbocycles. The largest absolute Gasteiger partial charge is 0.478 e. The second-order valence-electron chi connectivity index (χ2n) is 5.22. The highest BCUT2D eigenvalue weighted by atomic mass is 32.2. The summed E-state index contributed by atoms with van der Waals surface area (Å²) in [5.74, 6) is -2.44. The molecule has 1 fully saturated rings. The third-order valence-corrected chi connectivity index (χ3v) is 5.52. The van der Waals surface area contributed by atoms with Crippen molar-refractivity contribution in [1.29, 1.82) is 0 Å². The van der Waals surface area contributed by atoms with Crippen molar-refractivity contribution in [2.45, 2.75) is 17.4 Å².